The maximum Gasteiger partial charge on any atom is 0.405 e. The van der Waals surface area contributed by atoms with Crippen molar-refractivity contribution in [2.75, 3.05) is 6.54 Å². The lowest BCUT2D eigenvalue weighted by Crippen LogP contribution is -2.61. The number of benzene rings is 1. The number of nitriles is 2. The van der Waals surface area contributed by atoms with E-state index in [4.69, 9.17) is 5.26 Å². The van der Waals surface area contributed by atoms with Crippen LogP contribution in [0, 0.1) is 22.7 Å². The van der Waals surface area contributed by atoms with E-state index in [2.05, 4.69) is 0 Å². The highest BCUT2D eigenvalue weighted by Crippen LogP contribution is 2.29. The van der Waals surface area contributed by atoms with E-state index in [0.29, 0.717) is 11.1 Å². The maximum atomic E-state index is 13.8. The van der Waals surface area contributed by atoms with Crippen molar-refractivity contribution >= 4 is 21.8 Å². The van der Waals surface area contributed by atoms with Crippen molar-refractivity contribution in [1.82, 2.24) is 10.2 Å². The first-order valence-corrected chi connectivity index (χ1v) is 10.6. The molecular formula is C19H21FN4O5S. The van der Waals surface area contributed by atoms with Gasteiger partial charge in [0.1, 0.15) is 18.3 Å². The minimum Gasteiger partial charge on any atom is -0.465 e. The molecule has 0 spiro atoms. The number of nitrogens with one attached hydrogen (secondary N) is 1. The largest absolute Gasteiger partial charge is 0.465 e. The number of likely N-dealkylation sites (tertiary alicyclic amines) is 1. The molecule has 2 rings (SSSR count). The van der Waals surface area contributed by atoms with Gasteiger partial charge in [0.15, 0.2) is 9.84 Å². The van der Waals surface area contributed by atoms with E-state index >= 15 is 0 Å². The van der Waals surface area contributed by atoms with Crippen LogP contribution >= 0.6 is 0 Å². The van der Waals surface area contributed by atoms with Gasteiger partial charge in [0.05, 0.1) is 34.7 Å². The normalized spacial score (nSPS) is 20.1. The second kappa shape index (κ2) is 8.67. The molecule has 0 aromatic heterocycles. The Labute approximate surface area is 173 Å². The van der Waals surface area contributed by atoms with E-state index in [-0.39, 0.29) is 6.42 Å². The quantitative estimate of drug-likeness (QED) is 0.683. The van der Waals surface area contributed by atoms with Crippen LogP contribution in [0.1, 0.15) is 31.4 Å². The van der Waals surface area contributed by atoms with Crippen molar-refractivity contribution in [2.45, 2.75) is 49.0 Å². The molecule has 30 heavy (non-hydrogen) atoms. The average Bonchev–Trinajstić information content (AvgIpc) is 3.06. The molecule has 1 fully saturated rings. The van der Waals surface area contributed by atoms with Crippen LogP contribution in [-0.4, -0.2) is 60.0 Å². The monoisotopic (exact) mass is 436 g/mol. The van der Waals surface area contributed by atoms with Gasteiger partial charge in [-0.05, 0) is 31.5 Å². The van der Waals surface area contributed by atoms with Gasteiger partial charge in [0, 0.05) is 6.42 Å². The van der Waals surface area contributed by atoms with Gasteiger partial charge >= 0.3 is 6.09 Å². The summed E-state index contributed by atoms with van der Waals surface area (Å²) in [5.41, 5.74) is 0.692. The second-order valence-electron chi connectivity index (χ2n) is 7.52. The van der Waals surface area contributed by atoms with Crippen molar-refractivity contribution < 1.29 is 27.5 Å². The Bertz CT molecular complexity index is 1010. The molecule has 1 aliphatic heterocycles. The van der Waals surface area contributed by atoms with Crippen LogP contribution in [0.15, 0.2) is 24.3 Å². The van der Waals surface area contributed by atoms with Gasteiger partial charge in [-0.2, -0.15) is 10.5 Å². The lowest BCUT2D eigenvalue weighted by Gasteiger charge is -2.35. The molecular weight excluding hydrogens is 415 g/mol. The van der Waals surface area contributed by atoms with Crippen LogP contribution in [0.2, 0.25) is 0 Å². The lowest BCUT2D eigenvalue weighted by molar-refractivity contribution is -0.134. The van der Waals surface area contributed by atoms with E-state index in [1.165, 1.54) is 38.1 Å². The summed E-state index contributed by atoms with van der Waals surface area (Å²) in [7, 11) is -4.12. The highest BCUT2D eigenvalue weighted by Gasteiger charge is 2.50. The molecule has 0 saturated carbocycles. The fourth-order valence-corrected chi connectivity index (χ4v) is 4.76. The molecule has 0 bridgehead atoms. The van der Waals surface area contributed by atoms with Gasteiger partial charge in [-0.3, -0.25) is 4.79 Å². The summed E-state index contributed by atoms with van der Waals surface area (Å²) in [4.78, 5) is 25.2. The predicted octanol–water partition coefficient (Wildman–Crippen LogP) is 1.35. The van der Waals surface area contributed by atoms with E-state index in [1.54, 1.807) is 6.07 Å². The Hall–Kier alpha value is -3.18. The number of carbonyl (C=O) groups is 2. The molecule has 1 saturated heterocycles. The van der Waals surface area contributed by atoms with E-state index in [9.17, 15) is 32.8 Å². The number of carboxylic acid groups (broad SMARTS) is 1. The Morgan fingerprint density at radius 3 is 2.43 bits per heavy atom. The van der Waals surface area contributed by atoms with Gasteiger partial charge in [-0.25, -0.2) is 17.6 Å². The molecule has 11 heteroatoms. The Kier molecular flexibility index (Phi) is 6.68. The number of halogens is 1. The third kappa shape index (κ3) is 4.69. The van der Waals surface area contributed by atoms with Crippen LogP contribution in [0.4, 0.5) is 9.18 Å². The van der Waals surface area contributed by atoms with Gasteiger partial charge in [0.2, 0.25) is 5.91 Å². The summed E-state index contributed by atoms with van der Waals surface area (Å²) >= 11 is 0. The van der Waals surface area contributed by atoms with Crippen molar-refractivity contribution in [1.29, 1.82) is 10.5 Å². The molecule has 3 atom stereocenters. The number of nitrogens with zero attached hydrogens (tertiary/aromatic N) is 3. The molecule has 2 amide bonds. The first-order chi connectivity index (χ1) is 13.9. The molecule has 160 valence electrons. The third-order valence-electron chi connectivity index (χ3n) is 5.13. The van der Waals surface area contributed by atoms with Crippen LogP contribution in [0.3, 0.4) is 0 Å². The van der Waals surface area contributed by atoms with Crippen molar-refractivity contribution in [3.63, 3.8) is 0 Å². The Morgan fingerprint density at radius 2 is 1.93 bits per heavy atom. The lowest BCUT2D eigenvalue weighted by atomic mass is 10.0. The number of sulfone groups is 1. The van der Waals surface area contributed by atoms with Crippen LogP contribution in [0.5, 0.6) is 0 Å². The highest BCUT2D eigenvalue weighted by atomic mass is 32.2. The fraction of sp³-hybridized carbons (Fsp3) is 0.474. The number of hydrogen-bond acceptors (Lipinski definition) is 6. The zero-order valence-corrected chi connectivity index (χ0v) is 17.2. The topological polar surface area (TPSA) is 151 Å². The summed E-state index contributed by atoms with van der Waals surface area (Å²) < 4.78 is 38.1. The van der Waals surface area contributed by atoms with Crippen molar-refractivity contribution in [3.05, 3.63) is 35.4 Å². The summed E-state index contributed by atoms with van der Waals surface area (Å²) in [6.07, 6.45) is -3.30. The van der Waals surface area contributed by atoms with E-state index in [0.717, 1.165) is 4.90 Å². The first kappa shape index (κ1) is 23.1. The van der Waals surface area contributed by atoms with Gasteiger partial charge in [-0.15, -0.1) is 0 Å². The predicted molar refractivity (Wildman–Crippen MR) is 103 cm³/mol. The molecule has 1 aliphatic rings. The highest BCUT2D eigenvalue weighted by molar-refractivity contribution is 7.92. The zero-order chi connectivity index (χ0) is 22.7. The number of carbonyl (C=O) groups excluding carboxylic acids is 1. The van der Waals surface area contributed by atoms with Gasteiger partial charge in [0.25, 0.3) is 0 Å². The number of alkyl halides is 1. The van der Waals surface area contributed by atoms with Crippen molar-refractivity contribution in [2.24, 2.45) is 0 Å². The summed E-state index contributed by atoms with van der Waals surface area (Å²) in [6, 6.07) is 6.63. The van der Waals surface area contributed by atoms with Gasteiger partial charge in [-0.1, -0.05) is 12.1 Å². The molecule has 0 radical (unpaired) electrons. The molecule has 1 aromatic carbocycles. The third-order valence-corrected chi connectivity index (χ3v) is 7.69. The average molecular weight is 436 g/mol. The molecule has 0 unspecified atom stereocenters. The Balaban J connectivity index is 2.38. The van der Waals surface area contributed by atoms with Crippen molar-refractivity contribution in [3.8, 4) is 12.1 Å². The Morgan fingerprint density at radius 1 is 1.33 bits per heavy atom. The SMILES string of the molecule is CC(C)([C@H](NC(=O)O)C(=O)N1C[C@@H](F)C[C@H]1C#N)S(=O)(=O)Cc1ccc(C#N)cc1. The molecule has 1 aromatic rings. The second-order valence-corrected chi connectivity index (χ2v) is 10.1. The number of amides is 2. The molecule has 2 N–H and O–H groups in total. The summed E-state index contributed by atoms with van der Waals surface area (Å²) in [6.45, 7) is 1.99. The van der Waals surface area contributed by atoms with Crippen LogP contribution < -0.4 is 5.32 Å². The van der Waals surface area contributed by atoms with E-state index < -0.39 is 57.1 Å². The zero-order valence-electron chi connectivity index (χ0n) is 16.4. The van der Waals surface area contributed by atoms with Crippen LogP contribution in [-0.2, 0) is 20.4 Å². The van der Waals surface area contributed by atoms with E-state index in [1.807, 2.05) is 11.4 Å². The first-order valence-electron chi connectivity index (χ1n) is 8.98. The summed E-state index contributed by atoms with van der Waals surface area (Å²) in [5, 5.41) is 29.1. The fourth-order valence-electron chi connectivity index (χ4n) is 3.23. The minimum atomic E-state index is -4.12. The molecule has 0 aliphatic carbocycles. The number of hydrogen-bond donors (Lipinski definition) is 2. The maximum absolute atomic E-state index is 13.8. The van der Waals surface area contributed by atoms with Gasteiger partial charge < -0.3 is 15.3 Å². The van der Waals surface area contributed by atoms with Crippen LogP contribution in [0.25, 0.3) is 0 Å². The smallest absolute Gasteiger partial charge is 0.405 e. The minimum absolute atomic E-state index is 0.222. The number of rotatable bonds is 6. The molecule has 1 heterocycles. The summed E-state index contributed by atoms with van der Waals surface area (Å²) in [5.74, 6) is -1.48. The standard InChI is InChI=1S/C19H21FN4O5S/c1-19(2,30(28,29)11-13-5-3-12(8-21)4-6-13)16(23-18(26)27)17(25)24-10-14(20)7-15(24)9-22/h3-6,14-16,23H,7,10-11H2,1-2H3,(H,26,27)/t14-,15-,16+/m0/s1. The molecule has 9 nitrogen and oxygen atoms in total.